The molecule has 0 saturated heterocycles. The fraction of sp³-hybridized carbons (Fsp3) is 0.727. The van der Waals surface area contributed by atoms with Crippen LogP contribution < -0.4 is 5.56 Å². The summed E-state index contributed by atoms with van der Waals surface area (Å²) in [6, 6.07) is 0. The van der Waals surface area contributed by atoms with E-state index in [4.69, 9.17) is 4.74 Å². The van der Waals surface area contributed by atoms with Gasteiger partial charge in [0.05, 0.1) is 17.8 Å². The standard InChI is InChI=1S/C11H18N2O2/c1-6(2)4-9-10-8(5-7(3)15-9)12-13-11(10)14/h6-7,9H,4-5H2,1-3H3,(H2,12,13,14). The van der Waals surface area contributed by atoms with Gasteiger partial charge in [-0.05, 0) is 19.3 Å². The van der Waals surface area contributed by atoms with Crippen LogP contribution in [0.4, 0.5) is 0 Å². The maximum absolute atomic E-state index is 11.6. The molecule has 0 radical (unpaired) electrons. The summed E-state index contributed by atoms with van der Waals surface area (Å²) in [6.45, 7) is 6.33. The van der Waals surface area contributed by atoms with Gasteiger partial charge in [-0.1, -0.05) is 13.8 Å². The zero-order chi connectivity index (χ0) is 11.0. The van der Waals surface area contributed by atoms with Crippen LogP contribution in [0.2, 0.25) is 0 Å². The highest BCUT2D eigenvalue weighted by Gasteiger charge is 2.29. The van der Waals surface area contributed by atoms with Crippen LogP contribution in [0.3, 0.4) is 0 Å². The third-order valence-corrected chi connectivity index (χ3v) is 2.79. The molecule has 1 aliphatic rings. The highest BCUT2D eigenvalue weighted by atomic mass is 16.5. The zero-order valence-electron chi connectivity index (χ0n) is 9.46. The second-order valence-electron chi connectivity index (χ2n) is 4.74. The highest BCUT2D eigenvalue weighted by Crippen LogP contribution is 2.31. The van der Waals surface area contributed by atoms with Gasteiger partial charge in [0.15, 0.2) is 0 Å². The maximum atomic E-state index is 11.6. The molecule has 1 aliphatic heterocycles. The molecule has 2 heterocycles. The van der Waals surface area contributed by atoms with Gasteiger partial charge in [0.25, 0.3) is 5.56 Å². The highest BCUT2D eigenvalue weighted by molar-refractivity contribution is 5.22. The first kappa shape index (κ1) is 10.5. The number of H-pyrrole nitrogens is 2. The average Bonchev–Trinajstić information content (AvgIpc) is 2.46. The van der Waals surface area contributed by atoms with Gasteiger partial charge in [-0.25, -0.2) is 0 Å². The van der Waals surface area contributed by atoms with E-state index in [0.29, 0.717) is 5.92 Å². The first-order valence-electron chi connectivity index (χ1n) is 5.52. The summed E-state index contributed by atoms with van der Waals surface area (Å²) in [7, 11) is 0. The average molecular weight is 210 g/mol. The Morgan fingerprint density at radius 3 is 2.87 bits per heavy atom. The molecule has 0 amide bonds. The summed E-state index contributed by atoms with van der Waals surface area (Å²) < 4.78 is 5.82. The van der Waals surface area contributed by atoms with E-state index >= 15 is 0 Å². The Labute approximate surface area is 89.0 Å². The van der Waals surface area contributed by atoms with Gasteiger partial charge >= 0.3 is 0 Å². The molecule has 2 rings (SSSR count). The first-order valence-corrected chi connectivity index (χ1v) is 5.52. The summed E-state index contributed by atoms with van der Waals surface area (Å²) in [6.07, 6.45) is 1.84. The van der Waals surface area contributed by atoms with E-state index in [1.165, 1.54) is 0 Å². The van der Waals surface area contributed by atoms with E-state index in [0.717, 1.165) is 24.1 Å². The van der Waals surface area contributed by atoms with Crippen molar-refractivity contribution in [2.75, 3.05) is 0 Å². The van der Waals surface area contributed by atoms with E-state index in [2.05, 4.69) is 24.0 Å². The third kappa shape index (κ3) is 2.00. The number of hydrogen-bond acceptors (Lipinski definition) is 2. The minimum absolute atomic E-state index is 0.0254. The Balaban J connectivity index is 2.32. The maximum Gasteiger partial charge on any atom is 0.269 e. The lowest BCUT2D eigenvalue weighted by Gasteiger charge is -2.28. The van der Waals surface area contributed by atoms with E-state index in [1.807, 2.05) is 6.92 Å². The van der Waals surface area contributed by atoms with Crippen molar-refractivity contribution >= 4 is 0 Å². The molecule has 0 bridgehead atoms. The zero-order valence-corrected chi connectivity index (χ0v) is 9.46. The second-order valence-corrected chi connectivity index (χ2v) is 4.74. The van der Waals surface area contributed by atoms with Crippen LogP contribution in [0.15, 0.2) is 4.79 Å². The molecular formula is C11H18N2O2. The Morgan fingerprint density at radius 2 is 2.20 bits per heavy atom. The van der Waals surface area contributed by atoms with Crippen LogP contribution in [0.1, 0.15) is 44.6 Å². The summed E-state index contributed by atoms with van der Waals surface area (Å²) in [5.41, 5.74) is 1.80. The number of aromatic amines is 2. The van der Waals surface area contributed by atoms with Gasteiger partial charge in [-0.2, -0.15) is 0 Å². The molecule has 2 unspecified atom stereocenters. The number of nitrogens with one attached hydrogen (secondary N) is 2. The van der Waals surface area contributed by atoms with Crippen molar-refractivity contribution in [1.29, 1.82) is 0 Å². The van der Waals surface area contributed by atoms with E-state index < -0.39 is 0 Å². The summed E-state index contributed by atoms with van der Waals surface area (Å²) in [5, 5.41) is 5.58. The van der Waals surface area contributed by atoms with Crippen LogP contribution in [0.25, 0.3) is 0 Å². The molecule has 2 atom stereocenters. The predicted molar refractivity (Wildman–Crippen MR) is 57.9 cm³/mol. The van der Waals surface area contributed by atoms with E-state index in [1.54, 1.807) is 0 Å². The number of fused-ring (bicyclic) bond motifs is 1. The minimum Gasteiger partial charge on any atom is -0.370 e. The Morgan fingerprint density at radius 1 is 1.47 bits per heavy atom. The largest absolute Gasteiger partial charge is 0.370 e. The second kappa shape index (κ2) is 3.85. The SMILES string of the molecule is CC(C)CC1OC(C)Cc2[nH][nH]c(=O)c21. The lowest BCUT2D eigenvalue weighted by Crippen LogP contribution is -2.27. The number of ether oxygens (including phenoxy) is 1. The molecule has 2 N–H and O–H groups in total. The van der Waals surface area contributed by atoms with Gasteiger partial charge < -0.3 is 9.84 Å². The van der Waals surface area contributed by atoms with Crippen molar-refractivity contribution < 1.29 is 4.74 Å². The number of rotatable bonds is 2. The number of aromatic nitrogens is 2. The van der Waals surface area contributed by atoms with Crippen molar-refractivity contribution in [1.82, 2.24) is 10.2 Å². The Kier molecular flexibility index (Phi) is 2.69. The molecule has 0 aliphatic carbocycles. The van der Waals surface area contributed by atoms with E-state index in [9.17, 15) is 4.79 Å². The van der Waals surface area contributed by atoms with Crippen LogP contribution in [-0.4, -0.2) is 16.3 Å². The van der Waals surface area contributed by atoms with Gasteiger partial charge in [0.2, 0.25) is 0 Å². The van der Waals surface area contributed by atoms with Crippen molar-refractivity contribution in [3.05, 3.63) is 21.6 Å². The minimum atomic E-state index is -0.0428. The van der Waals surface area contributed by atoms with Gasteiger partial charge in [-0.15, -0.1) is 0 Å². The summed E-state index contributed by atoms with van der Waals surface area (Å²) in [4.78, 5) is 11.6. The fourth-order valence-corrected chi connectivity index (χ4v) is 2.19. The van der Waals surface area contributed by atoms with Crippen LogP contribution >= 0.6 is 0 Å². The van der Waals surface area contributed by atoms with Crippen molar-refractivity contribution in [2.45, 2.75) is 45.8 Å². The molecule has 0 aromatic carbocycles. The van der Waals surface area contributed by atoms with E-state index in [-0.39, 0.29) is 17.8 Å². The lowest BCUT2D eigenvalue weighted by atomic mass is 9.95. The summed E-state index contributed by atoms with van der Waals surface area (Å²) in [5.74, 6) is 0.530. The molecule has 4 heteroatoms. The summed E-state index contributed by atoms with van der Waals surface area (Å²) >= 11 is 0. The van der Waals surface area contributed by atoms with Crippen LogP contribution in [0.5, 0.6) is 0 Å². The quantitative estimate of drug-likeness (QED) is 0.781. The molecule has 0 fully saturated rings. The normalized spacial score (nSPS) is 25.6. The number of hydrogen-bond donors (Lipinski definition) is 2. The molecule has 1 aromatic rings. The third-order valence-electron chi connectivity index (χ3n) is 2.79. The molecule has 0 spiro atoms. The van der Waals surface area contributed by atoms with Crippen molar-refractivity contribution in [2.24, 2.45) is 5.92 Å². The first-order chi connectivity index (χ1) is 7.08. The van der Waals surface area contributed by atoms with Gasteiger partial charge in [0, 0.05) is 12.1 Å². The molecule has 4 nitrogen and oxygen atoms in total. The molecule has 15 heavy (non-hydrogen) atoms. The van der Waals surface area contributed by atoms with Crippen molar-refractivity contribution in [3.63, 3.8) is 0 Å². The van der Waals surface area contributed by atoms with Gasteiger partial charge in [-0.3, -0.25) is 9.89 Å². The predicted octanol–water partition coefficient (Wildman–Crippen LogP) is 1.75. The topological polar surface area (TPSA) is 57.9 Å². The molecular weight excluding hydrogens is 192 g/mol. The van der Waals surface area contributed by atoms with Gasteiger partial charge in [0.1, 0.15) is 0 Å². The van der Waals surface area contributed by atoms with Crippen LogP contribution in [-0.2, 0) is 11.2 Å². The Bertz CT molecular complexity index is 392. The van der Waals surface area contributed by atoms with Crippen molar-refractivity contribution in [3.8, 4) is 0 Å². The smallest absolute Gasteiger partial charge is 0.269 e. The van der Waals surface area contributed by atoms with Crippen LogP contribution in [0, 0.1) is 5.92 Å². The monoisotopic (exact) mass is 210 g/mol. The lowest BCUT2D eigenvalue weighted by molar-refractivity contribution is -0.0267. The molecule has 0 saturated carbocycles. The Hall–Kier alpha value is -1.03. The molecule has 1 aromatic heterocycles. The fourth-order valence-electron chi connectivity index (χ4n) is 2.19. The molecule has 84 valence electrons.